The van der Waals surface area contributed by atoms with Gasteiger partial charge in [-0.1, -0.05) is 19.9 Å². The van der Waals surface area contributed by atoms with Crippen LogP contribution in [0.1, 0.15) is 32.3 Å². The van der Waals surface area contributed by atoms with Gasteiger partial charge in [-0.3, -0.25) is 14.8 Å². The first-order valence-corrected chi connectivity index (χ1v) is 8.15. The maximum Gasteiger partial charge on any atom is 0.0446 e. The number of pyridine rings is 1. The summed E-state index contributed by atoms with van der Waals surface area (Å²) in [4.78, 5) is 9.25. The van der Waals surface area contributed by atoms with Gasteiger partial charge in [0.25, 0.3) is 0 Å². The van der Waals surface area contributed by atoms with Crippen LogP contribution in [0.2, 0.25) is 0 Å². The van der Waals surface area contributed by atoms with E-state index in [4.69, 9.17) is 0 Å². The molecule has 1 aliphatic heterocycles. The monoisotopic (exact) mass is 291 g/mol. The Morgan fingerprint density at radius 3 is 2.90 bits per heavy atom. The molecule has 0 amide bonds. The summed E-state index contributed by atoms with van der Waals surface area (Å²) in [5, 5.41) is 9.33. The largest absolute Gasteiger partial charge is 0.396 e. The van der Waals surface area contributed by atoms with Crippen LogP contribution >= 0.6 is 0 Å². The van der Waals surface area contributed by atoms with E-state index in [0.29, 0.717) is 6.04 Å². The van der Waals surface area contributed by atoms with Crippen LogP contribution < -0.4 is 0 Å². The molecule has 1 aromatic heterocycles. The van der Waals surface area contributed by atoms with Crippen LogP contribution in [0, 0.1) is 5.92 Å². The Morgan fingerprint density at radius 2 is 2.24 bits per heavy atom. The lowest BCUT2D eigenvalue weighted by atomic mass is 10.1. The molecule has 0 saturated carbocycles. The van der Waals surface area contributed by atoms with E-state index < -0.39 is 0 Å². The lowest BCUT2D eigenvalue weighted by Crippen LogP contribution is -2.53. The summed E-state index contributed by atoms with van der Waals surface area (Å²) in [7, 11) is 0. The third kappa shape index (κ3) is 5.38. The Balaban J connectivity index is 1.88. The molecule has 2 heterocycles. The fourth-order valence-electron chi connectivity index (χ4n) is 2.99. The van der Waals surface area contributed by atoms with E-state index in [1.807, 2.05) is 18.5 Å². The van der Waals surface area contributed by atoms with Crippen LogP contribution in [0.5, 0.6) is 0 Å². The van der Waals surface area contributed by atoms with E-state index in [0.717, 1.165) is 45.1 Å². The zero-order valence-corrected chi connectivity index (χ0v) is 13.4. The summed E-state index contributed by atoms with van der Waals surface area (Å²) in [6.07, 6.45) is 5.89. The van der Waals surface area contributed by atoms with Gasteiger partial charge in [-0.05, 0) is 36.9 Å². The van der Waals surface area contributed by atoms with Gasteiger partial charge in [0.05, 0.1) is 0 Å². The molecular weight excluding hydrogens is 262 g/mol. The minimum atomic E-state index is 0.281. The maximum absolute atomic E-state index is 9.33. The summed E-state index contributed by atoms with van der Waals surface area (Å²) in [5.41, 5.74) is 1.27. The van der Waals surface area contributed by atoms with Crippen molar-refractivity contribution in [2.75, 3.05) is 32.8 Å². The molecule has 0 bridgehead atoms. The highest BCUT2D eigenvalue weighted by molar-refractivity contribution is 5.08. The zero-order valence-electron chi connectivity index (χ0n) is 13.4. The SMILES string of the molecule is CC(C)CCN1CCN(Cc2cccnc2)CC1CCO. The van der Waals surface area contributed by atoms with Gasteiger partial charge < -0.3 is 5.11 Å². The number of aromatic nitrogens is 1. The predicted octanol–water partition coefficient (Wildman–Crippen LogP) is 2.00. The molecule has 1 aromatic rings. The molecule has 0 aliphatic carbocycles. The summed E-state index contributed by atoms with van der Waals surface area (Å²) in [6, 6.07) is 4.62. The van der Waals surface area contributed by atoms with Crippen LogP contribution in [0.3, 0.4) is 0 Å². The highest BCUT2D eigenvalue weighted by atomic mass is 16.3. The standard InChI is InChI=1S/C17H29N3O/c1-15(2)5-8-20-10-9-19(14-17(20)6-11-21)13-16-4-3-7-18-12-16/h3-4,7,12,15,17,21H,5-6,8-11,13-14H2,1-2H3. The highest BCUT2D eigenvalue weighted by Crippen LogP contribution is 2.16. The van der Waals surface area contributed by atoms with Crippen LogP contribution in [-0.4, -0.2) is 58.7 Å². The molecule has 4 heteroatoms. The quantitative estimate of drug-likeness (QED) is 0.834. The summed E-state index contributed by atoms with van der Waals surface area (Å²) in [6.45, 7) is 10.2. The second-order valence-electron chi connectivity index (χ2n) is 6.48. The highest BCUT2D eigenvalue weighted by Gasteiger charge is 2.26. The van der Waals surface area contributed by atoms with Gasteiger partial charge in [0.15, 0.2) is 0 Å². The molecule has 1 N–H and O–H groups in total. The first-order valence-electron chi connectivity index (χ1n) is 8.15. The van der Waals surface area contributed by atoms with Crippen molar-refractivity contribution in [3.63, 3.8) is 0 Å². The molecule has 1 fully saturated rings. The van der Waals surface area contributed by atoms with Crippen molar-refractivity contribution in [3.8, 4) is 0 Å². The van der Waals surface area contributed by atoms with E-state index in [1.165, 1.54) is 12.0 Å². The average molecular weight is 291 g/mol. The third-order valence-electron chi connectivity index (χ3n) is 4.27. The molecule has 1 atom stereocenters. The van der Waals surface area contributed by atoms with E-state index in [2.05, 4.69) is 34.7 Å². The molecule has 1 aliphatic rings. The Bertz CT molecular complexity index is 396. The fraction of sp³-hybridized carbons (Fsp3) is 0.706. The van der Waals surface area contributed by atoms with Crippen molar-refractivity contribution < 1.29 is 5.11 Å². The molecule has 0 spiro atoms. The van der Waals surface area contributed by atoms with Gasteiger partial charge >= 0.3 is 0 Å². The minimum Gasteiger partial charge on any atom is -0.396 e. The van der Waals surface area contributed by atoms with Gasteiger partial charge in [-0.15, -0.1) is 0 Å². The van der Waals surface area contributed by atoms with E-state index in [1.54, 1.807) is 0 Å². The molecule has 0 radical (unpaired) electrons. The Morgan fingerprint density at radius 1 is 1.38 bits per heavy atom. The Kier molecular flexibility index (Phi) is 6.61. The lowest BCUT2D eigenvalue weighted by Gasteiger charge is -2.41. The second kappa shape index (κ2) is 8.47. The normalized spacial score (nSPS) is 21.0. The average Bonchev–Trinajstić information content (AvgIpc) is 2.48. The summed E-state index contributed by atoms with van der Waals surface area (Å²) >= 11 is 0. The summed E-state index contributed by atoms with van der Waals surface area (Å²) in [5.74, 6) is 0.744. The van der Waals surface area contributed by atoms with Gasteiger partial charge in [-0.25, -0.2) is 0 Å². The van der Waals surface area contributed by atoms with Crippen molar-refractivity contribution in [2.24, 2.45) is 5.92 Å². The Labute approximate surface area is 128 Å². The van der Waals surface area contributed by atoms with Crippen LogP contribution in [0.15, 0.2) is 24.5 Å². The predicted molar refractivity (Wildman–Crippen MR) is 86.0 cm³/mol. The number of nitrogens with zero attached hydrogens (tertiary/aromatic N) is 3. The smallest absolute Gasteiger partial charge is 0.0446 e. The molecule has 2 rings (SSSR count). The van der Waals surface area contributed by atoms with Crippen molar-refractivity contribution >= 4 is 0 Å². The second-order valence-corrected chi connectivity index (χ2v) is 6.48. The van der Waals surface area contributed by atoms with Crippen molar-refractivity contribution in [1.29, 1.82) is 0 Å². The topological polar surface area (TPSA) is 39.6 Å². The van der Waals surface area contributed by atoms with Crippen molar-refractivity contribution in [3.05, 3.63) is 30.1 Å². The lowest BCUT2D eigenvalue weighted by molar-refractivity contribution is 0.0523. The number of hydrogen-bond donors (Lipinski definition) is 1. The van der Waals surface area contributed by atoms with Crippen LogP contribution in [-0.2, 0) is 6.54 Å². The van der Waals surface area contributed by atoms with Crippen LogP contribution in [0.25, 0.3) is 0 Å². The number of aliphatic hydroxyl groups excluding tert-OH is 1. The zero-order chi connectivity index (χ0) is 15.1. The number of piperazine rings is 1. The van der Waals surface area contributed by atoms with E-state index in [-0.39, 0.29) is 6.61 Å². The molecular formula is C17H29N3O. The fourth-order valence-corrected chi connectivity index (χ4v) is 2.99. The molecule has 1 unspecified atom stereocenters. The molecule has 118 valence electrons. The minimum absolute atomic E-state index is 0.281. The number of aliphatic hydroxyl groups is 1. The molecule has 4 nitrogen and oxygen atoms in total. The Hall–Kier alpha value is -0.970. The first-order chi connectivity index (χ1) is 10.2. The van der Waals surface area contributed by atoms with Gasteiger partial charge in [0.1, 0.15) is 0 Å². The third-order valence-corrected chi connectivity index (χ3v) is 4.27. The molecule has 0 aromatic carbocycles. The number of hydrogen-bond acceptors (Lipinski definition) is 4. The van der Waals surface area contributed by atoms with Gasteiger partial charge in [0.2, 0.25) is 0 Å². The van der Waals surface area contributed by atoms with Gasteiger partial charge in [0, 0.05) is 51.2 Å². The maximum atomic E-state index is 9.33. The van der Waals surface area contributed by atoms with Crippen molar-refractivity contribution in [2.45, 2.75) is 39.3 Å². The van der Waals surface area contributed by atoms with Gasteiger partial charge in [-0.2, -0.15) is 0 Å². The van der Waals surface area contributed by atoms with Crippen molar-refractivity contribution in [1.82, 2.24) is 14.8 Å². The summed E-state index contributed by atoms with van der Waals surface area (Å²) < 4.78 is 0. The van der Waals surface area contributed by atoms with E-state index in [9.17, 15) is 5.11 Å². The number of rotatable bonds is 7. The first kappa shape index (κ1) is 16.4. The van der Waals surface area contributed by atoms with E-state index >= 15 is 0 Å². The molecule has 1 saturated heterocycles. The van der Waals surface area contributed by atoms with Crippen LogP contribution in [0.4, 0.5) is 0 Å². The molecule has 21 heavy (non-hydrogen) atoms.